The molecule has 2 aromatic carbocycles. The second-order valence-corrected chi connectivity index (χ2v) is 8.29. The summed E-state index contributed by atoms with van der Waals surface area (Å²) in [5.41, 5.74) is 1.81. The number of carbonyl (C=O) groups is 2. The monoisotopic (exact) mass is 455 g/mol. The summed E-state index contributed by atoms with van der Waals surface area (Å²) in [7, 11) is 0. The van der Waals surface area contributed by atoms with E-state index < -0.39 is 18.4 Å². The predicted molar refractivity (Wildman–Crippen MR) is 130 cm³/mol. The lowest BCUT2D eigenvalue weighted by Gasteiger charge is -2.25. The van der Waals surface area contributed by atoms with E-state index in [1.807, 2.05) is 44.2 Å². The van der Waals surface area contributed by atoms with Gasteiger partial charge in [0.05, 0.1) is 12.1 Å². The second kappa shape index (κ2) is 13.7. The minimum Gasteiger partial charge on any atom is -0.390 e. The van der Waals surface area contributed by atoms with Gasteiger partial charge < -0.3 is 20.4 Å². The van der Waals surface area contributed by atoms with Gasteiger partial charge in [0.15, 0.2) is 0 Å². The highest BCUT2D eigenvalue weighted by atomic mass is 16.3. The number of carbonyl (C=O) groups excluding carboxylic acids is 2. The number of aliphatic hydroxyl groups excluding tert-OH is 2. The molecule has 0 unspecified atom stereocenters. The zero-order valence-corrected chi connectivity index (χ0v) is 19.8. The van der Waals surface area contributed by atoms with Gasteiger partial charge in [-0.25, -0.2) is 0 Å². The molecular weight excluding hydrogens is 418 g/mol. The Labute approximate surface area is 196 Å². The van der Waals surface area contributed by atoms with Crippen LogP contribution in [0.3, 0.4) is 0 Å². The Balaban J connectivity index is 2.18. The average molecular weight is 456 g/mol. The van der Waals surface area contributed by atoms with Crippen LogP contribution in [0.15, 0.2) is 54.6 Å². The minimum absolute atomic E-state index is 0.0876. The van der Waals surface area contributed by atoms with Crippen LogP contribution in [0.4, 0.5) is 0 Å². The summed E-state index contributed by atoms with van der Waals surface area (Å²) in [6, 6.07) is 15.7. The third kappa shape index (κ3) is 8.61. The molecule has 2 rings (SSSR count). The molecule has 0 heterocycles. The quantitative estimate of drug-likeness (QED) is 0.348. The third-order valence-electron chi connectivity index (χ3n) is 5.35. The maximum Gasteiger partial charge on any atom is 0.253 e. The minimum atomic E-state index is -0.918. The number of amides is 2. The SMILES string of the molecule is CCCN(CCC)C(=O)c1cccc(C(=O)N[C@@H](Cc2ccccc2)[C@H](O)CN[C@@H](C)O)c1. The molecule has 0 radical (unpaired) electrons. The molecule has 0 aliphatic heterocycles. The lowest BCUT2D eigenvalue weighted by atomic mass is 10.00. The molecule has 2 aromatic rings. The van der Waals surface area contributed by atoms with Crippen molar-refractivity contribution in [2.75, 3.05) is 19.6 Å². The van der Waals surface area contributed by atoms with Crippen molar-refractivity contribution in [3.63, 3.8) is 0 Å². The van der Waals surface area contributed by atoms with Crippen LogP contribution in [-0.4, -0.2) is 64.9 Å². The summed E-state index contributed by atoms with van der Waals surface area (Å²) in [4.78, 5) is 27.8. The predicted octanol–water partition coefficient (Wildman–Crippen LogP) is 2.58. The van der Waals surface area contributed by atoms with E-state index in [9.17, 15) is 19.8 Å². The van der Waals surface area contributed by atoms with Gasteiger partial charge in [-0.3, -0.25) is 14.9 Å². The zero-order valence-electron chi connectivity index (χ0n) is 19.8. The van der Waals surface area contributed by atoms with Crippen molar-refractivity contribution in [3.8, 4) is 0 Å². The molecule has 0 aliphatic rings. The topological polar surface area (TPSA) is 102 Å². The van der Waals surface area contributed by atoms with Crippen molar-refractivity contribution >= 4 is 11.8 Å². The standard InChI is InChI=1S/C26H37N3O4/c1-4-14-29(15-5-2)26(33)22-13-9-12-21(17-22)25(32)28-23(24(31)18-27-19(3)30)16-20-10-7-6-8-11-20/h6-13,17,19,23-24,27,30-31H,4-5,14-16,18H2,1-3H3,(H,28,32)/t19-,23+,24-/m1/s1. The summed E-state index contributed by atoms with van der Waals surface area (Å²) >= 11 is 0. The maximum absolute atomic E-state index is 13.1. The van der Waals surface area contributed by atoms with E-state index in [2.05, 4.69) is 10.6 Å². The number of aliphatic hydroxyl groups is 2. The molecule has 3 atom stereocenters. The van der Waals surface area contributed by atoms with Crippen LogP contribution >= 0.6 is 0 Å². The number of nitrogens with one attached hydrogen (secondary N) is 2. The third-order valence-corrected chi connectivity index (χ3v) is 5.35. The summed E-state index contributed by atoms with van der Waals surface area (Å²) in [6.07, 6.45) is 0.466. The molecule has 0 aromatic heterocycles. The molecule has 2 amide bonds. The van der Waals surface area contributed by atoms with Crippen molar-refractivity contribution in [1.29, 1.82) is 0 Å². The Bertz CT molecular complexity index is 867. The summed E-state index contributed by atoms with van der Waals surface area (Å²) in [5.74, 6) is -0.449. The van der Waals surface area contributed by atoms with Gasteiger partial charge in [0, 0.05) is 30.8 Å². The van der Waals surface area contributed by atoms with E-state index >= 15 is 0 Å². The zero-order chi connectivity index (χ0) is 24.2. The van der Waals surface area contributed by atoms with Crippen molar-refractivity contribution in [2.45, 2.75) is 58.4 Å². The number of rotatable bonds is 13. The molecule has 0 aliphatic carbocycles. The van der Waals surface area contributed by atoms with Gasteiger partial charge in [0.1, 0.15) is 6.23 Å². The molecule has 33 heavy (non-hydrogen) atoms. The van der Waals surface area contributed by atoms with Gasteiger partial charge in [0.25, 0.3) is 11.8 Å². The van der Waals surface area contributed by atoms with Gasteiger partial charge >= 0.3 is 0 Å². The molecule has 0 spiro atoms. The van der Waals surface area contributed by atoms with Gasteiger partial charge in [-0.05, 0) is 49.9 Å². The van der Waals surface area contributed by atoms with Gasteiger partial charge in [-0.15, -0.1) is 0 Å². The van der Waals surface area contributed by atoms with E-state index in [1.54, 1.807) is 36.1 Å². The van der Waals surface area contributed by atoms with Crippen molar-refractivity contribution in [3.05, 3.63) is 71.3 Å². The molecule has 0 fully saturated rings. The van der Waals surface area contributed by atoms with Gasteiger partial charge in [-0.2, -0.15) is 0 Å². The Hall–Kier alpha value is -2.74. The van der Waals surface area contributed by atoms with Crippen LogP contribution < -0.4 is 10.6 Å². The van der Waals surface area contributed by atoms with E-state index in [1.165, 1.54) is 0 Å². The Morgan fingerprint density at radius 1 is 0.939 bits per heavy atom. The fourth-order valence-corrected chi connectivity index (χ4v) is 3.67. The highest BCUT2D eigenvalue weighted by molar-refractivity contribution is 5.99. The number of nitrogens with zero attached hydrogens (tertiary/aromatic N) is 1. The van der Waals surface area contributed by atoms with Crippen molar-refractivity contribution in [1.82, 2.24) is 15.5 Å². The Morgan fingerprint density at radius 3 is 2.18 bits per heavy atom. The van der Waals surface area contributed by atoms with E-state index in [4.69, 9.17) is 0 Å². The first kappa shape index (κ1) is 26.5. The smallest absolute Gasteiger partial charge is 0.253 e. The molecule has 4 N–H and O–H groups in total. The van der Waals surface area contributed by atoms with Crippen LogP contribution in [0, 0.1) is 0 Å². The fraction of sp³-hybridized carbons (Fsp3) is 0.462. The van der Waals surface area contributed by atoms with Crippen LogP contribution in [0.2, 0.25) is 0 Å². The molecule has 7 heteroatoms. The van der Waals surface area contributed by atoms with Crippen LogP contribution in [0.25, 0.3) is 0 Å². The molecule has 0 bridgehead atoms. The van der Waals surface area contributed by atoms with Crippen LogP contribution in [0.5, 0.6) is 0 Å². The summed E-state index contributed by atoms with van der Waals surface area (Å²) in [6.45, 7) is 7.10. The van der Waals surface area contributed by atoms with E-state index in [0.717, 1.165) is 18.4 Å². The average Bonchev–Trinajstić information content (AvgIpc) is 2.82. The Morgan fingerprint density at radius 2 is 1.58 bits per heavy atom. The summed E-state index contributed by atoms with van der Waals surface area (Å²) < 4.78 is 0. The molecule has 0 saturated heterocycles. The van der Waals surface area contributed by atoms with E-state index in [-0.39, 0.29) is 18.4 Å². The van der Waals surface area contributed by atoms with Crippen LogP contribution in [-0.2, 0) is 6.42 Å². The number of hydrogen-bond acceptors (Lipinski definition) is 5. The molecule has 7 nitrogen and oxygen atoms in total. The number of benzene rings is 2. The maximum atomic E-state index is 13.1. The van der Waals surface area contributed by atoms with E-state index in [0.29, 0.717) is 30.6 Å². The largest absolute Gasteiger partial charge is 0.390 e. The highest BCUT2D eigenvalue weighted by Crippen LogP contribution is 2.12. The second-order valence-electron chi connectivity index (χ2n) is 8.29. The molecular formula is C26H37N3O4. The molecule has 180 valence electrons. The first-order valence-electron chi connectivity index (χ1n) is 11.7. The number of hydrogen-bond donors (Lipinski definition) is 4. The normalized spacial score (nSPS) is 13.7. The van der Waals surface area contributed by atoms with Crippen molar-refractivity contribution < 1.29 is 19.8 Å². The van der Waals surface area contributed by atoms with Crippen LogP contribution in [0.1, 0.15) is 59.9 Å². The Kier molecular flexibility index (Phi) is 11.0. The van der Waals surface area contributed by atoms with Gasteiger partial charge in [-0.1, -0.05) is 50.2 Å². The first-order chi connectivity index (χ1) is 15.8. The lowest BCUT2D eigenvalue weighted by molar-refractivity contribution is 0.0753. The first-order valence-corrected chi connectivity index (χ1v) is 11.7. The highest BCUT2D eigenvalue weighted by Gasteiger charge is 2.23. The summed E-state index contributed by atoms with van der Waals surface area (Å²) in [5, 5.41) is 25.9. The molecule has 0 saturated carbocycles. The van der Waals surface area contributed by atoms with Crippen molar-refractivity contribution in [2.24, 2.45) is 0 Å². The van der Waals surface area contributed by atoms with Gasteiger partial charge in [0.2, 0.25) is 0 Å². The lowest BCUT2D eigenvalue weighted by Crippen LogP contribution is -2.49. The fourth-order valence-electron chi connectivity index (χ4n) is 3.67.